The summed E-state index contributed by atoms with van der Waals surface area (Å²) >= 11 is 0. The van der Waals surface area contributed by atoms with Gasteiger partial charge in [0.2, 0.25) is 35.4 Å². The monoisotopic (exact) mass is 1070 g/mol. The minimum atomic E-state index is -1.12. The Morgan fingerprint density at radius 1 is 0.494 bits per heavy atom. The molecule has 424 valence electrons. The quantitative estimate of drug-likeness (QED) is 0.0113. The van der Waals surface area contributed by atoms with E-state index >= 15 is 0 Å². The number of nitrogens with two attached hydrogens (primary N) is 10. The third-order valence-electron chi connectivity index (χ3n) is 11.8. The summed E-state index contributed by atoms with van der Waals surface area (Å²) in [7, 11) is 0. The Kier molecular flexibility index (Phi) is 28.7. The zero-order valence-electron chi connectivity index (χ0n) is 44.1. The van der Waals surface area contributed by atoms with Gasteiger partial charge in [-0.15, -0.1) is 0 Å². The fourth-order valence-corrected chi connectivity index (χ4v) is 7.97. The Hall–Kier alpha value is -8.27. The Morgan fingerprint density at radius 3 is 1.39 bits per heavy atom. The van der Waals surface area contributed by atoms with E-state index in [4.69, 9.17) is 62.3 Å². The van der Waals surface area contributed by atoms with E-state index < -0.39 is 61.8 Å². The molecule has 0 saturated heterocycles. The van der Waals surface area contributed by atoms with E-state index in [-0.39, 0.29) is 114 Å². The molecule has 1 atom stereocenters. The molecule has 77 heavy (non-hydrogen) atoms. The lowest BCUT2D eigenvalue weighted by atomic mass is 10.1. The van der Waals surface area contributed by atoms with Crippen molar-refractivity contribution in [3.8, 4) is 0 Å². The Balaban J connectivity index is 2.01. The van der Waals surface area contributed by atoms with Crippen LogP contribution in [-0.4, -0.2) is 195 Å². The van der Waals surface area contributed by atoms with Crippen LogP contribution in [0.3, 0.4) is 0 Å². The van der Waals surface area contributed by atoms with E-state index in [1.54, 1.807) is 0 Å². The molecule has 0 saturated carbocycles. The van der Waals surface area contributed by atoms with Gasteiger partial charge in [0.05, 0.1) is 49.4 Å². The molecule has 23 N–H and O–H groups in total. The lowest BCUT2D eigenvalue weighted by molar-refractivity contribution is -0.146. The van der Waals surface area contributed by atoms with Crippen LogP contribution in [0.5, 0.6) is 0 Å². The van der Waals surface area contributed by atoms with Crippen LogP contribution >= 0.6 is 0 Å². The van der Waals surface area contributed by atoms with Gasteiger partial charge in [0, 0.05) is 69.7 Å². The van der Waals surface area contributed by atoms with E-state index in [9.17, 15) is 28.8 Å². The van der Waals surface area contributed by atoms with Gasteiger partial charge >= 0.3 is 0 Å². The third-order valence-corrected chi connectivity index (χ3v) is 11.8. The van der Waals surface area contributed by atoms with Gasteiger partial charge in [-0.25, -0.2) is 4.98 Å². The number of amides is 6. The van der Waals surface area contributed by atoms with Crippen LogP contribution in [0.4, 0.5) is 5.69 Å². The molecule has 28 nitrogen and oxygen atoms in total. The van der Waals surface area contributed by atoms with Crippen molar-refractivity contribution >= 4 is 86.8 Å². The smallest absolute Gasteiger partial charge is 0.242 e. The highest BCUT2D eigenvalue weighted by atomic mass is 16.2. The molecule has 0 aliphatic heterocycles. The molecular formula is C49H82N22O6. The van der Waals surface area contributed by atoms with E-state index in [1.807, 2.05) is 48.5 Å². The Morgan fingerprint density at radius 2 is 0.922 bits per heavy atom. The molecule has 1 aromatic heterocycles. The number of nitrogens with zero attached hydrogens (tertiary/aromatic N) is 9. The molecule has 0 aliphatic carbocycles. The highest BCUT2D eigenvalue weighted by molar-refractivity contribution is 6.07. The number of anilines is 1. The van der Waals surface area contributed by atoms with Crippen molar-refractivity contribution in [3.63, 3.8) is 0 Å². The number of rotatable bonds is 38. The number of pyridine rings is 1. The van der Waals surface area contributed by atoms with Gasteiger partial charge in [0.25, 0.3) is 0 Å². The van der Waals surface area contributed by atoms with E-state index in [0.29, 0.717) is 25.9 Å². The first-order chi connectivity index (χ1) is 36.9. The Bertz CT molecular complexity index is 2430. The molecule has 3 aromatic rings. The molecule has 0 radical (unpaired) electrons. The van der Waals surface area contributed by atoms with Gasteiger partial charge in [-0.3, -0.25) is 48.7 Å². The van der Waals surface area contributed by atoms with Crippen molar-refractivity contribution in [3.05, 3.63) is 48.5 Å². The second-order valence-corrected chi connectivity index (χ2v) is 18.0. The Labute approximate surface area is 449 Å². The summed E-state index contributed by atoms with van der Waals surface area (Å²) in [6.07, 6.45) is 4.80. The van der Waals surface area contributed by atoms with Gasteiger partial charge < -0.3 is 92.9 Å². The standard InChI is InChI=1S/C49H82N22O6/c50-18-7-1-2-8-19-60-29-40(73)69(26-11-22-64-48(56)57)31-42(75)70(27-12-23-65-49(58)59)32-43(76)71(28-24-61-44-34-13-3-5-15-36(34)66-37-16-6-4-14-35(37)44)33-41(74)68(25-10-21-63-47(54)55)30-39(72)67-38(45(51)77)17-9-20-62-46(52)53/h3-6,13-16,38,60H,1-2,7-12,17-33,50H2,(H2,51,77)(H,61,66)(H,67,72)(H4,52,53,62)(H4,54,55,63)(H4,56,57,64)(H4,58,59,65)/t38-/m1/s1. The molecule has 0 aliphatic rings. The van der Waals surface area contributed by atoms with Crippen molar-refractivity contribution in [2.45, 2.75) is 63.8 Å². The van der Waals surface area contributed by atoms with Crippen molar-refractivity contribution in [1.82, 2.24) is 35.2 Å². The lowest BCUT2D eigenvalue weighted by Gasteiger charge is -2.31. The number of primary amides is 1. The summed E-state index contributed by atoms with van der Waals surface area (Å²) in [5.41, 5.74) is 57.7. The van der Waals surface area contributed by atoms with Gasteiger partial charge in [0.1, 0.15) is 6.04 Å². The maximum absolute atomic E-state index is 14.9. The first kappa shape index (κ1) is 63.0. The van der Waals surface area contributed by atoms with Gasteiger partial charge in [0.15, 0.2) is 23.8 Å². The maximum atomic E-state index is 14.9. The average Bonchev–Trinajstić information content (AvgIpc) is 3.42. The molecular weight excluding hydrogens is 993 g/mol. The van der Waals surface area contributed by atoms with Crippen molar-refractivity contribution in [1.29, 1.82) is 0 Å². The fourth-order valence-electron chi connectivity index (χ4n) is 7.97. The molecule has 2 aromatic carbocycles. The van der Waals surface area contributed by atoms with Crippen molar-refractivity contribution in [2.24, 2.45) is 77.3 Å². The molecule has 0 bridgehead atoms. The summed E-state index contributed by atoms with van der Waals surface area (Å²) in [5, 5.41) is 10.8. The molecule has 0 fully saturated rings. The number of hydrogen-bond acceptors (Lipinski definition) is 14. The molecule has 6 amide bonds. The highest BCUT2D eigenvalue weighted by Gasteiger charge is 2.28. The summed E-state index contributed by atoms with van der Waals surface area (Å²) in [6.45, 7) is -0.253. The van der Waals surface area contributed by atoms with E-state index in [2.05, 4.69) is 35.9 Å². The number of para-hydroxylation sites is 2. The van der Waals surface area contributed by atoms with Gasteiger partial charge in [-0.05, 0) is 70.2 Å². The number of carbonyl (C=O) groups excluding carboxylic acids is 6. The average molecular weight is 1080 g/mol. The van der Waals surface area contributed by atoms with E-state index in [1.165, 1.54) is 19.6 Å². The topological polar surface area (TPSA) is 474 Å². The number of nitrogens with one attached hydrogen (secondary N) is 3. The van der Waals surface area contributed by atoms with Crippen LogP contribution in [0.1, 0.15) is 57.8 Å². The third kappa shape index (κ3) is 24.8. The number of benzene rings is 2. The predicted molar refractivity (Wildman–Crippen MR) is 301 cm³/mol. The summed E-state index contributed by atoms with van der Waals surface area (Å²) in [6, 6.07) is 14.0. The highest BCUT2D eigenvalue weighted by Crippen LogP contribution is 2.30. The molecule has 28 heteroatoms. The van der Waals surface area contributed by atoms with Crippen LogP contribution in [0.15, 0.2) is 68.5 Å². The first-order valence-electron chi connectivity index (χ1n) is 25.7. The molecule has 0 spiro atoms. The van der Waals surface area contributed by atoms with Crippen LogP contribution in [0, 0.1) is 0 Å². The number of aromatic nitrogens is 1. The molecule has 0 unspecified atom stereocenters. The van der Waals surface area contributed by atoms with Crippen molar-refractivity contribution in [2.75, 3.05) is 110 Å². The SMILES string of the molecule is NCCCCCCNCC(=O)N(CCCN=C(N)N)CC(=O)N(CCCN=C(N)N)CC(=O)N(CCNc1c2ccccc2nc2ccccc12)CC(=O)N(CCCN=C(N)N)CC(=O)N[C@H](CCCN=C(N)N)C(N)=O. The second kappa shape index (κ2) is 35.1. The molecule has 3 rings (SSSR count). The summed E-state index contributed by atoms with van der Waals surface area (Å²) in [4.78, 5) is 110. The minimum absolute atomic E-state index is 0.0163. The van der Waals surface area contributed by atoms with Crippen LogP contribution in [0.25, 0.3) is 21.8 Å². The minimum Gasteiger partial charge on any atom is -0.382 e. The zero-order chi connectivity index (χ0) is 56.5. The number of guanidine groups is 4. The number of carbonyl (C=O) groups is 6. The zero-order valence-corrected chi connectivity index (χ0v) is 44.1. The summed E-state index contributed by atoms with van der Waals surface area (Å²) < 4.78 is 0. The first-order valence-corrected chi connectivity index (χ1v) is 25.7. The van der Waals surface area contributed by atoms with Crippen LogP contribution in [-0.2, 0) is 28.8 Å². The molecule has 1 heterocycles. The largest absolute Gasteiger partial charge is 0.382 e. The lowest BCUT2D eigenvalue weighted by Crippen LogP contribution is -2.53. The summed E-state index contributed by atoms with van der Waals surface area (Å²) in [5.74, 6) is -4.36. The number of unbranched alkanes of at least 4 members (excludes halogenated alkanes) is 3. The van der Waals surface area contributed by atoms with Crippen LogP contribution < -0.4 is 73.3 Å². The predicted octanol–water partition coefficient (Wildman–Crippen LogP) is -3.76. The van der Waals surface area contributed by atoms with E-state index in [0.717, 1.165) is 53.2 Å². The van der Waals surface area contributed by atoms with Crippen LogP contribution in [0.2, 0.25) is 0 Å². The van der Waals surface area contributed by atoms with Gasteiger partial charge in [-0.1, -0.05) is 49.2 Å². The number of fused-ring (bicyclic) bond motifs is 2. The van der Waals surface area contributed by atoms with Gasteiger partial charge in [-0.2, -0.15) is 0 Å². The maximum Gasteiger partial charge on any atom is 0.242 e. The fraction of sp³-hybridized carbons (Fsp3) is 0.531. The normalized spacial score (nSPS) is 11.2. The number of hydrogen-bond donors (Lipinski definition) is 13. The second-order valence-electron chi connectivity index (χ2n) is 18.0. The van der Waals surface area contributed by atoms with Crippen molar-refractivity contribution < 1.29 is 28.8 Å². The number of aliphatic imine (C=N–C) groups is 4.